The van der Waals surface area contributed by atoms with Crippen molar-refractivity contribution < 1.29 is 19.7 Å². The summed E-state index contributed by atoms with van der Waals surface area (Å²) in [6.45, 7) is -0.0000463. The molecular formula is C10H9BrO4. The fourth-order valence-electron chi connectivity index (χ4n) is 1.57. The first-order chi connectivity index (χ1) is 7.09. The molecule has 0 amide bonds. The van der Waals surface area contributed by atoms with E-state index in [4.69, 9.17) is 9.84 Å². The predicted octanol–water partition coefficient (Wildman–Crippen LogP) is 1.58. The van der Waals surface area contributed by atoms with Crippen LogP contribution in [0.5, 0.6) is 5.75 Å². The van der Waals surface area contributed by atoms with Crippen molar-refractivity contribution in [1.82, 2.24) is 0 Å². The molecule has 1 aliphatic heterocycles. The van der Waals surface area contributed by atoms with Gasteiger partial charge in [0.2, 0.25) is 0 Å². The lowest BCUT2D eigenvalue weighted by molar-refractivity contribution is -0.148. The Balaban J connectivity index is 2.38. The molecule has 80 valence electrons. The standard InChI is InChI=1S/C10H9BrO4/c11-5-1-2-6-8(3-5)15-4-7(9(6)12)10(13)14/h1-3,7,9,12H,4H2,(H,13,14). The van der Waals surface area contributed by atoms with Gasteiger partial charge in [-0.15, -0.1) is 0 Å². The topological polar surface area (TPSA) is 66.8 Å². The molecule has 0 saturated carbocycles. The molecule has 0 fully saturated rings. The molecule has 2 atom stereocenters. The van der Waals surface area contributed by atoms with Crippen molar-refractivity contribution in [3.8, 4) is 5.75 Å². The number of carboxylic acids is 1. The van der Waals surface area contributed by atoms with E-state index in [2.05, 4.69) is 15.9 Å². The van der Waals surface area contributed by atoms with E-state index < -0.39 is 18.0 Å². The zero-order chi connectivity index (χ0) is 11.0. The first-order valence-corrected chi connectivity index (χ1v) is 5.22. The Morgan fingerprint density at radius 2 is 2.27 bits per heavy atom. The van der Waals surface area contributed by atoms with Crippen molar-refractivity contribution in [1.29, 1.82) is 0 Å². The van der Waals surface area contributed by atoms with E-state index in [-0.39, 0.29) is 6.61 Å². The Morgan fingerprint density at radius 1 is 1.53 bits per heavy atom. The van der Waals surface area contributed by atoms with E-state index in [0.29, 0.717) is 11.3 Å². The maximum atomic E-state index is 10.8. The SMILES string of the molecule is O=C(O)C1COc2cc(Br)ccc2C1O. The van der Waals surface area contributed by atoms with Gasteiger partial charge in [-0.05, 0) is 12.1 Å². The first-order valence-electron chi connectivity index (χ1n) is 4.42. The second-order valence-electron chi connectivity index (χ2n) is 3.38. The zero-order valence-electron chi connectivity index (χ0n) is 7.68. The smallest absolute Gasteiger partial charge is 0.313 e. The number of carbonyl (C=O) groups is 1. The number of carboxylic acid groups (broad SMARTS) is 1. The van der Waals surface area contributed by atoms with Crippen LogP contribution in [0.1, 0.15) is 11.7 Å². The van der Waals surface area contributed by atoms with Gasteiger partial charge >= 0.3 is 5.97 Å². The van der Waals surface area contributed by atoms with Crippen LogP contribution >= 0.6 is 15.9 Å². The maximum absolute atomic E-state index is 10.8. The number of ether oxygens (including phenoxy) is 1. The predicted molar refractivity (Wildman–Crippen MR) is 55.7 cm³/mol. The van der Waals surface area contributed by atoms with Crippen molar-refractivity contribution in [2.24, 2.45) is 5.92 Å². The highest BCUT2D eigenvalue weighted by Gasteiger charge is 2.34. The largest absolute Gasteiger partial charge is 0.492 e. The number of halogens is 1. The number of benzene rings is 1. The molecular weight excluding hydrogens is 264 g/mol. The summed E-state index contributed by atoms with van der Waals surface area (Å²) < 4.78 is 6.11. The van der Waals surface area contributed by atoms with Crippen molar-refractivity contribution >= 4 is 21.9 Å². The van der Waals surface area contributed by atoms with Crippen LogP contribution < -0.4 is 4.74 Å². The summed E-state index contributed by atoms with van der Waals surface area (Å²) >= 11 is 3.28. The number of fused-ring (bicyclic) bond motifs is 1. The van der Waals surface area contributed by atoms with E-state index in [9.17, 15) is 9.90 Å². The molecule has 5 heteroatoms. The highest BCUT2D eigenvalue weighted by Crippen LogP contribution is 2.36. The van der Waals surface area contributed by atoms with Crippen molar-refractivity contribution in [2.75, 3.05) is 6.61 Å². The molecule has 2 N–H and O–H groups in total. The molecule has 0 spiro atoms. The van der Waals surface area contributed by atoms with Gasteiger partial charge in [-0.25, -0.2) is 0 Å². The van der Waals surface area contributed by atoms with Gasteiger partial charge in [0, 0.05) is 10.0 Å². The fourth-order valence-corrected chi connectivity index (χ4v) is 1.91. The minimum atomic E-state index is -1.05. The van der Waals surface area contributed by atoms with Gasteiger partial charge in [0.05, 0.1) is 6.10 Å². The van der Waals surface area contributed by atoms with Gasteiger partial charge in [-0.2, -0.15) is 0 Å². The molecule has 15 heavy (non-hydrogen) atoms. The third-order valence-corrected chi connectivity index (χ3v) is 2.90. The summed E-state index contributed by atoms with van der Waals surface area (Å²) in [5, 5.41) is 18.6. The molecule has 0 aliphatic carbocycles. The average Bonchev–Trinajstić information content (AvgIpc) is 2.17. The van der Waals surface area contributed by atoms with Gasteiger partial charge in [0.15, 0.2) is 0 Å². The molecule has 2 unspecified atom stereocenters. The van der Waals surface area contributed by atoms with Crippen LogP contribution in [0, 0.1) is 5.92 Å². The summed E-state index contributed by atoms with van der Waals surface area (Å²) in [6, 6.07) is 5.13. The van der Waals surface area contributed by atoms with Crippen LogP contribution in [0.4, 0.5) is 0 Å². The van der Waals surface area contributed by atoms with Gasteiger partial charge in [0.1, 0.15) is 18.3 Å². The Hall–Kier alpha value is -1.07. The van der Waals surface area contributed by atoms with Crippen LogP contribution in [0.2, 0.25) is 0 Å². The molecule has 4 nitrogen and oxygen atoms in total. The summed E-state index contributed by atoms with van der Waals surface area (Å²) in [6.07, 6.45) is -1.00. The quantitative estimate of drug-likeness (QED) is 0.815. The lowest BCUT2D eigenvalue weighted by Gasteiger charge is -2.27. The van der Waals surface area contributed by atoms with Crippen LogP contribution in [0.15, 0.2) is 22.7 Å². The van der Waals surface area contributed by atoms with Crippen molar-refractivity contribution in [3.63, 3.8) is 0 Å². The normalized spacial score (nSPS) is 24.1. The second-order valence-corrected chi connectivity index (χ2v) is 4.30. The fraction of sp³-hybridized carbons (Fsp3) is 0.300. The third kappa shape index (κ3) is 1.85. The molecule has 1 heterocycles. The Morgan fingerprint density at radius 3 is 2.93 bits per heavy atom. The minimum Gasteiger partial charge on any atom is -0.492 e. The van der Waals surface area contributed by atoms with Crippen LogP contribution in [-0.4, -0.2) is 22.8 Å². The Labute approximate surface area is 94.6 Å². The van der Waals surface area contributed by atoms with Crippen LogP contribution in [0.3, 0.4) is 0 Å². The molecule has 2 rings (SSSR count). The van der Waals surface area contributed by atoms with Crippen molar-refractivity contribution in [2.45, 2.75) is 6.10 Å². The number of hydrogen-bond acceptors (Lipinski definition) is 3. The number of aliphatic hydroxyl groups is 1. The number of hydrogen-bond donors (Lipinski definition) is 2. The Kier molecular flexibility index (Phi) is 2.67. The molecule has 0 aromatic heterocycles. The van der Waals surface area contributed by atoms with Crippen molar-refractivity contribution in [3.05, 3.63) is 28.2 Å². The lowest BCUT2D eigenvalue weighted by Crippen LogP contribution is -2.32. The average molecular weight is 273 g/mol. The molecule has 1 aromatic rings. The number of aliphatic carboxylic acids is 1. The molecule has 0 saturated heterocycles. The van der Waals surface area contributed by atoms with Crippen LogP contribution in [0.25, 0.3) is 0 Å². The van der Waals surface area contributed by atoms with Gasteiger partial charge in [-0.1, -0.05) is 22.0 Å². The van der Waals surface area contributed by atoms with Gasteiger partial charge in [0.25, 0.3) is 0 Å². The maximum Gasteiger partial charge on any atom is 0.313 e. The zero-order valence-corrected chi connectivity index (χ0v) is 9.27. The molecule has 0 radical (unpaired) electrons. The summed E-state index contributed by atoms with van der Waals surface area (Å²) in [4.78, 5) is 10.8. The molecule has 0 bridgehead atoms. The summed E-state index contributed by atoms with van der Waals surface area (Å²) in [5.41, 5.74) is 0.525. The van der Waals surface area contributed by atoms with E-state index in [1.165, 1.54) is 0 Å². The third-order valence-electron chi connectivity index (χ3n) is 2.41. The minimum absolute atomic E-state index is 0.0000463. The number of rotatable bonds is 1. The van der Waals surface area contributed by atoms with Gasteiger partial charge < -0.3 is 14.9 Å². The molecule has 1 aliphatic rings. The van der Waals surface area contributed by atoms with Gasteiger partial charge in [-0.3, -0.25) is 4.79 Å². The first kappa shape index (κ1) is 10.4. The van der Waals surface area contributed by atoms with Crippen LogP contribution in [-0.2, 0) is 4.79 Å². The number of aliphatic hydroxyl groups excluding tert-OH is 1. The highest BCUT2D eigenvalue weighted by molar-refractivity contribution is 9.10. The van der Waals surface area contributed by atoms with E-state index >= 15 is 0 Å². The Bertz CT molecular complexity index is 404. The summed E-state index contributed by atoms with van der Waals surface area (Å²) in [7, 11) is 0. The van der Waals surface area contributed by atoms with E-state index in [1.54, 1.807) is 18.2 Å². The van der Waals surface area contributed by atoms with E-state index in [0.717, 1.165) is 4.47 Å². The molecule has 1 aromatic carbocycles. The lowest BCUT2D eigenvalue weighted by atomic mass is 9.93. The monoisotopic (exact) mass is 272 g/mol. The second kappa shape index (κ2) is 3.83. The van der Waals surface area contributed by atoms with E-state index in [1.807, 2.05) is 0 Å². The summed E-state index contributed by atoms with van der Waals surface area (Å²) in [5.74, 6) is -1.40. The highest BCUT2D eigenvalue weighted by atomic mass is 79.9.